The molecule has 0 radical (unpaired) electrons. The molecule has 0 atom stereocenters. The Morgan fingerprint density at radius 2 is 1.50 bits per heavy atom. The maximum absolute atomic E-state index is 10.9. The molecule has 30 heavy (non-hydrogen) atoms. The van der Waals surface area contributed by atoms with E-state index in [2.05, 4.69) is 16.0 Å². The molecule has 0 aliphatic carbocycles. The Morgan fingerprint density at radius 1 is 0.733 bits per heavy atom. The maximum Gasteiger partial charge on any atom is 0.133 e. The summed E-state index contributed by atoms with van der Waals surface area (Å²) in [5.74, 6) is 0.414. The molecular formula is C26H18N2O2. The van der Waals surface area contributed by atoms with Crippen LogP contribution in [-0.2, 0) is 0 Å². The topological polar surface area (TPSA) is 65.7 Å². The fraction of sp³-hybridized carbons (Fsp3) is 0. The Morgan fingerprint density at radius 3 is 2.40 bits per heavy atom. The molecule has 144 valence electrons. The van der Waals surface area contributed by atoms with Crippen LogP contribution in [0, 0.1) is 0 Å². The van der Waals surface area contributed by atoms with E-state index in [1.165, 1.54) is 0 Å². The highest BCUT2D eigenvalue weighted by Gasteiger charge is 2.10. The first-order valence-electron chi connectivity index (χ1n) is 9.63. The van der Waals surface area contributed by atoms with Crippen molar-refractivity contribution in [2.45, 2.75) is 0 Å². The van der Waals surface area contributed by atoms with Crippen LogP contribution in [-0.4, -0.2) is 21.4 Å². The van der Waals surface area contributed by atoms with Crippen molar-refractivity contribution in [3.8, 4) is 22.8 Å². The van der Waals surface area contributed by atoms with E-state index in [1.807, 2.05) is 72.8 Å². The molecule has 0 saturated heterocycles. The smallest absolute Gasteiger partial charge is 0.133 e. The van der Waals surface area contributed by atoms with Gasteiger partial charge in [-0.2, -0.15) is 0 Å². The zero-order chi connectivity index (χ0) is 20.5. The average molecular weight is 390 g/mol. The van der Waals surface area contributed by atoms with Gasteiger partial charge in [0.25, 0.3) is 0 Å². The second-order valence-electron chi connectivity index (χ2n) is 7.04. The molecule has 0 aliphatic heterocycles. The Hall–Kier alpha value is -4.18. The largest absolute Gasteiger partial charge is 0.507 e. The Labute approximate surface area is 173 Å². The number of aromatic nitrogens is 1. The lowest BCUT2D eigenvalue weighted by Gasteiger charge is -2.08. The van der Waals surface area contributed by atoms with Crippen molar-refractivity contribution >= 4 is 33.4 Å². The first-order valence-corrected chi connectivity index (χ1v) is 9.63. The number of phenols is 2. The molecule has 0 fully saturated rings. The lowest BCUT2D eigenvalue weighted by molar-refractivity contribution is 0.477. The zero-order valence-corrected chi connectivity index (χ0v) is 16.0. The first-order chi connectivity index (χ1) is 14.7. The molecule has 0 amide bonds. The van der Waals surface area contributed by atoms with Crippen LogP contribution in [0.15, 0.2) is 96.0 Å². The number of rotatable bonds is 3. The zero-order valence-electron chi connectivity index (χ0n) is 16.0. The van der Waals surface area contributed by atoms with Gasteiger partial charge >= 0.3 is 0 Å². The van der Waals surface area contributed by atoms with E-state index in [0.29, 0.717) is 28.0 Å². The number of nitrogens with zero attached hydrogens (tertiary/aromatic N) is 2. The van der Waals surface area contributed by atoms with Crippen molar-refractivity contribution in [2.24, 2.45) is 4.99 Å². The van der Waals surface area contributed by atoms with E-state index < -0.39 is 0 Å². The lowest BCUT2D eigenvalue weighted by Crippen LogP contribution is -1.91. The van der Waals surface area contributed by atoms with Gasteiger partial charge in [-0.15, -0.1) is 0 Å². The highest BCUT2D eigenvalue weighted by atomic mass is 16.3. The van der Waals surface area contributed by atoms with Gasteiger partial charge in [0.2, 0.25) is 0 Å². The third-order valence-electron chi connectivity index (χ3n) is 5.12. The highest BCUT2D eigenvalue weighted by molar-refractivity contribution is 6.10. The van der Waals surface area contributed by atoms with E-state index in [0.717, 1.165) is 16.2 Å². The van der Waals surface area contributed by atoms with Crippen molar-refractivity contribution in [1.82, 2.24) is 4.98 Å². The molecule has 0 saturated carbocycles. The Kier molecular flexibility index (Phi) is 4.37. The van der Waals surface area contributed by atoms with Crippen LogP contribution < -0.4 is 0 Å². The molecule has 0 bridgehead atoms. The minimum Gasteiger partial charge on any atom is -0.507 e. The van der Waals surface area contributed by atoms with Gasteiger partial charge in [0.15, 0.2) is 0 Å². The van der Waals surface area contributed by atoms with E-state index in [-0.39, 0.29) is 11.5 Å². The number of phenolic OH excluding ortho intramolecular Hbond substituents is 2. The minimum atomic E-state index is 0.185. The van der Waals surface area contributed by atoms with Gasteiger partial charge in [0.05, 0.1) is 23.3 Å². The Bertz CT molecular complexity index is 1420. The summed E-state index contributed by atoms with van der Waals surface area (Å²) in [4.78, 5) is 9.22. The summed E-state index contributed by atoms with van der Waals surface area (Å²) in [6.45, 7) is 0. The molecular weight excluding hydrogens is 372 g/mol. The number of pyridine rings is 1. The number of fused-ring (bicyclic) bond motifs is 2. The fourth-order valence-electron chi connectivity index (χ4n) is 3.68. The quantitative estimate of drug-likeness (QED) is 0.284. The van der Waals surface area contributed by atoms with E-state index >= 15 is 0 Å². The summed E-state index contributed by atoms with van der Waals surface area (Å²) in [7, 11) is 0. The van der Waals surface area contributed by atoms with Crippen molar-refractivity contribution in [3.05, 3.63) is 96.7 Å². The van der Waals surface area contributed by atoms with Gasteiger partial charge in [-0.1, -0.05) is 54.6 Å². The van der Waals surface area contributed by atoms with Gasteiger partial charge in [-0.05, 0) is 47.2 Å². The monoisotopic (exact) mass is 390 g/mol. The van der Waals surface area contributed by atoms with E-state index in [9.17, 15) is 10.2 Å². The van der Waals surface area contributed by atoms with Crippen LogP contribution in [0.4, 0.5) is 5.69 Å². The van der Waals surface area contributed by atoms with Gasteiger partial charge in [-0.25, -0.2) is 4.98 Å². The molecule has 4 aromatic carbocycles. The summed E-state index contributed by atoms with van der Waals surface area (Å²) < 4.78 is 0. The SMILES string of the molecule is Oc1ccccc1-c1cccc(C=Nc2cccc3cc4ccccc4c(O)c23)n1. The average Bonchev–Trinajstić information content (AvgIpc) is 2.78. The molecule has 5 aromatic rings. The van der Waals surface area contributed by atoms with Crippen LogP contribution >= 0.6 is 0 Å². The number of para-hydroxylation sites is 1. The summed E-state index contributed by atoms with van der Waals surface area (Å²) in [5, 5.41) is 24.4. The predicted octanol–water partition coefficient (Wildman–Crippen LogP) is 6.22. The second-order valence-corrected chi connectivity index (χ2v) is 7.04. The number of benzene rings is 4. The van der Waals surface area contributed by atoms with Crippen LogP contribution in [0.1, 0.15) is 5.69 Å². The fourth-order valence-corrected chi connectivity index (χ4v) is 3.68. The molecule has 4 heteroatoms. The lowest BCUT2D eigenvalue weighted by atomic mass is 10.0. The Balaban J connectivity index is 1.59. The third-order valence-corrected chi connectivity index (χ3v) is 5.12. The number of aromatic hydroxyl groups is 2. The van der Waals surface area contributed by atoms with Crippen LogP contribution in [0.25, 0.3) is 32.8 Å². The van der Waals surface area contributed by atoms with Crippen molar-refractivity contribution in [3.63, 3.8) is 0 Å². The normalized spacial score (nSPS) is 11.5. The molecule has 0 aliphatic rings. The summed E-state index contributed by atoms with van der Waals surface area (Å²) in [5.41, 5.74) is 2.67. The van der Waals surface area contributed by atoms with Crippen molar-refractivity contribution < 1.29 is 10.2 Å². The summed E-state index contributed by atoms with van der Waals surface area (Å²) in [6.07, 6.45) is 1.67. The van der Waals surface area contributed by atoms with Gasteiger partial charge < -0.3 is 10.2 Å². The standard InChI is InChI=1S/C26H18N2O2/c29-24-14-4-3-11-21(24)22-12-6-9-19(28-22)16-27-23-13-5-8-18-15-17-7-1-2-10-20(17)26(30)25(18)23/h1-16,29-30H. The molecule has 0 spiro atoms. The van der Waals surface area contributed by atoms with Crippen LogP contribution in [0.3, 0.4) is 0 Å². The minimum absolute atomic E-state index is 0.185. The molecule has 2 N–H and O–H groups in total. The van der Waals surface area contributed by atoms with Crippen molar-refractivity contribution in [2.75, 3.05) is 0 Å². The molecule has 1 heterocycles. The van der Waals surface area contributed by atoms with Gasteiger partial charge in [0, 0.05) is 16.3 Å². The van der Waals surface area contributed by atoms with Crippen LogP contribution in [0.2, 0.25) is 0 Å². The molecule has 0 unspecified atom stereocenters. The van der Waals surface area contributed by atoms with Crippen LogP contribution in [0.5, 0.6) is 11.5 Å². The van der Waals surface area contributed by atoms with Crippen molar-refractivity contribution in [1.29, 1.82) is 0 Å². The number of aliphatic imine (C=N–C) groups is 1. The van der Waals surface area contributed by atoms with E-state index in [4.69, 9.17) is 0 Å². The van der Waals surface area contributed by atoms with E-state index in [1.54, 1.807) is 18.3 Å². The van der Waals surface area contributed by atoms with Gasteiger partial charge in [0.1, 0.15) is 11.5 Å². The highest BCUT2D eigenvalue weighted by Crippen LogP contribution is 2.39. The second kappa shape index (κ2) is 7.33. The first kappa shape index (κ1) is 17.9. The predicted molar refractivity (Wildman–Crippen MR) is 122 cm³/mol. The third kappa shape index (κ3) is 3.14. The summed E-state index contributed by atoms with van der Waals surface area (Å²) >= 11 is 0. The van der Waals surface area contributed by atoms with Gasteiger partial charge in [-0.3, -0.25) is 4.99 Å². The number of hydrogen-bond donors (Lipinski definition) is 2. The molecule has 4 nitrogen and oxygen atoms in total. The molecule has 1 aromatic heterocycles. The molecule has 5 rings (SSSR count). The summed E-state index contributed by atoms with van der Waals surface area (Å²) in [6, 6.07) is 28.3. The maximum atomic E-state index is 10.9. The number of hydrogen-bond acceptors (Lipinski definition) is 4.